The number of aliphatic hydroxyl groups excluding tert-OH is 2. The van der Waals surface area contributed by atoms with E-state index in [2.05, 4.69) is 16.0 Å². The molecule has 1 aliphatic carbocycles. The number of nitrogens with one attached hydrogen (secondary N) is 3. The molecule has 3 aliphatic rings. The molecule has 10 nitrogen and oxygen atoms in total. The van der Waals surface area contributed by atoms with Crippen LogP contribution in [0.15, 0.2) is 17.5 Å². The van der Waals surface area contributed by atoms with Crippen molar-refractivity contribution in [2.24, 2.45) is 0 Å². The minimum absolute atomic E-state index is 0.0425. The van der Waals surface area contributed by atoms with Crippen LogP contribution in [0.4, 0.5) is 0 Å². The van der Waals surface area contributed by atoms with E-state index >= 15 is 0 Å². The molecule has 0 spiro atoms. The highest BCUT2D eigenvalue weighted by Gasteiger charge is 2.68. The minimum Gasteiger partial charge on any atom is -0.390 e. The highest BCUT2D eigenvalue weighted by Crippen LogP contribution is 2.46. The maximum Gasteiger partial charge on any atom is 0.249 e. The lowest BCUT2D eigenvalue weighted by Crippen LogP contribution is -2.81. The van der Waals surface area contributed by atoms with E-state index in [-0.39, 0.29) is 13.0 Å². The maximum atomic E-state index is 11.6. The van der Waals surface area contributed by atoms with Crippen molar-refractivity contribution in [3.8, 4) is 0 Å². The molecule has 0 amide bonds. The van der Waals surface area contributed by atoms with Crippen molar-refractivity contribution in [3.05, 3.63) is 22.4 Å². The maximum absolute atomic E-state index is 11.6. The van der Waals surface area contributed by atoms with E-state index in [1.807, 2.05) is 17.5 Å². The first-order chi connectivity index (χ1) is 14.7. The first-order valence-corrected chi connectivity index (χ1v) is 11.5. The summed E-state index contributed by atoms with van der Waals surface area (Å²) in [5.41, 5.74) is -1.72. The summed E-state index contributed by atoms with van der Waals surface area (Å²) in [5, 5.41) is 55.7. The van der Waals surface area contributed by atoms with Crippen LogP contribution in [0.5, 0.6) is 0 Å². The Morgan fingerprint density at radius 2 is 1.84 bits per heavy atom. The Morgan fingerprint density at radius 1 is 1.10 bits per heavy atom. The zero-order valence-corrected chi connectivity index (χ0v) is 18.7. The van der Waals surface area contributed by atoms with Gasteiger partial charge in [0.05, 0.1) is 24.3 Å². The number of fused-ring (bicyclic) bond motifs is 2. The second kappa shape index (κ2) is 8.92. The molecule has 2 saturated heterocycles. The van der Waals surface area contributed by atoms with Crippen LogP contribution in [0.25, 0.3) is 0 Å². The monoisotopic (exact) mass is 459 g/mol. The average molecular weight is 460 g/mol. The molecule has 1 aromatic rings. The van der Waals surface area contributed by atoms with Crippen LogP contribution < -0.4 is 16.0 Å². The number of likely N-dealkylation sites (N-methyl/N-ethyl adjacent to an activating group) is 2. The predicted molar refractivity (Wildman–Crippen MR) is 112 cm³/mol. The van der Waals surface area contributed by atoms with E-state index in [1.54, 1.807) is 32.4 Å². The quantitative estimate of drug-likeness (QED) is 0.257. The summed E-state index contributed by atoms with van der Waals surface area (Å²) < 4.78 is 17.9. The van der Waals surface area contributed by atoms with E-state index in [0.29, 0.717) is 6.54 Å². The molecule has 1 aromatic heterocycles. The van der Waals surface area contributed by atoms with Crippen LogP contribution in [0, 0.1) is 0 Å². The van der Waals surface area contributed by atoms with Crippen LogP contribution in [0.2, 0.25) is 0 Å². The Kier molecular flexibility index (Phi) is 6.75. The van der Waals surface area contributed by atoms with Gasteiger partial charge in [-0.15, -0.1) is 11.3 Å². The summed E-state index contributed by atoms with van der Waals surface area (Å²) in [6.07, 6.45) is -5.50. The molecular formula is C20H33N3O7S. The van der Waals surface area contributed by atoms with Gasteiger partial charge in [0.25, 0.3) is 0 Å². The van der Waals surface area contributed by atoms with Gasteiger partial charge in [-0.25, -0.2) is 0 Å². The van der Waals surface area contributed by atoms with Gasteiger partial charge in [0.15, 0.2) is 0 Å². The molecule has 11 heteroatoms. The lowest BCUT2D eigenvalue weighted by molar-refractivity contribution is -0.482. The third kappa shape index (κ3) is 3.96. The number of hydrogen-bond donors (Lipinski definition) is 7. The molecule has 0 bridgehead atoms. The van der Waals surface area contributed by atoms with Crippen molar-refractivity contribution >= 4 is 11.3 Å². The molecule has 1 unspecified atom stereocenters. The average Bonchev–Trinajstić information content (AvgIpc) is 3.22. The second-order valence-corrected chi connectivity index (χ2v) is 9.72. The third-order valence-electron chi connectivity index (χ3n) is 6.65. The Hall–Kier alpha value is -0.700. The van der Waals surface area contributed by atoms with Crippen LogP contribution in [-0.4, -0.2) is 101 Å². The van der Waals surface area contributed by atoms with Crippen LogP contribution >= 0.6 is 11.3 Å². The zero-order chi connectivity index (χ0) is 22.4. The molecule has 7 N–H and O–H groups in total. The summed E-state index contributed by atoms with van der Waals surface area (Å²) in [6.45, 7) is 2.36. The summed E-state index contributed by atoms with van der Waals surface area (Å²) in [5.74, 6) is -2.19. The second-order valence-electron chi connectivity index (χ2n) is 8.69. The number of thiophene rings is 1. The summed E-state index contributed by atoms with van der Waals surface area (Å²) in [4.78, 5) is 1.10. The first-order valence-electron chi connectivity index (χ1n) is 10.6. The van der Waals surface area contributed by atoms with E-state index in [9.17, 15) is 20.4 Å². The third-order valence-corrected chi connectivity index (χ3v) is 7.52. The smallest absolute Gasteiger partial charge is 0.249 e. The van der Waals surface area contributed by atoms with Crippen molar-refractivity contribution in [3.63, 3.8) is 0 Å². The van der Waals surface area contributed by atoms with Gasteiger partial charge in [-0.1, -0.05) is 6.07 Å². The van der Waals surface area contributed by atoms with Crippen LogP contribution in [0.3, 0.4) is 0 Å². The van der Waals surface area contributed by atoms with Gasteiger partial charge in [-0.3, -0.25) is 0 Å². The van der Waals surface area contributed by atoms with Gasteiger partial charge < -0.3 is 50.6 Å². The Labute approximate surface area is 185 Å². The molecule has 10 atom stereocenters. The number of ether oxygens (including phenoxy) is 3. The van der Waals surface area contributed by atoms with Gasteiger partial charge in [-0.2, -0.15) is 0 Å². The molecule has 1 saturated carbocycles. The molecule has 0 aromatic carbocycles. The molecule has 0 radical (unpaired) electrons. The molecular weight excluding hydrogens is 426 g/mol. The van der Waals surface area contributed by atoms with E-state index in [1.165, 1.54) is 0 Å². The highest BCUT2D eigenvalue weighted by molar-refractivity contribution is 7.09. The van der Waals surface area contributed by atoms with Gasteiger partial charge in [-0.05, 0) is 32.5 Å². The fourth-order valence-electron chi connectivity index (χ4n) is 5.03. The Balaban J connectivity index is 1.58. The van der Waals surface area contributed by atoms with Crippen LogP contribution in [0.1, 0.15) is 18.2 Å². The van der Waals surface area contributed by atoms with Crippen molar-refractivity contribution < 1.29 is 34.6 Å². The molecule has 2 aliphatic heterocycles. The minimum atomic E-state index is -2.19. The normalized spacial score (nSPS) is 47.6. The number of aliphatic hydroxyl groups is 4. The fraction of sp³-hybridized carbons (Fsp3) is 0.800. The summed E-state index contributed by atoms with van der Waals surface area (Å²) in [7, 11) is 3.30. The van der Waals surface area contributed by atoms with Crippen LogP contribution in [-0.2, 0) is 20.8 Å². The summed E-state index contributed by atoms with van der Waals surface area (Å²) >= 11 is 1.59. The highest BCUT2D eigenvalue weighted by atomic mass is 32.1. The van der Waals surface area contributed by atoms with Gasteiger partial charge in [0.1, 0.15) is 23.9 Å². The van der Waals surface area contributed by atoms with Crippen molar-refractivity contribution in [1.29, 1.82) is 0 Å². The van der Waals surface area contributed by atoms with Gasteiger partial charge >= 0.3 is 0 Å². The topological polar surface area (TPSA) is 145 Å². The molecule has 4 rings (SSSR count). The predicted octanol–water partition coefficient (Wildman–Crippen LogP) is -1.91. The molecule has 3 heterocycles. The summed E-state index contributed by atoms with van der Waals surface area (Å²) in [6, 6.07) is 2.61. The lowest BCUT2D eigenvalue weighted by Gasteiger charge is -2.60. The molecule has 31 heavy (non-hydrogen) atoms. The number of rotatable bonds is 6. The number of hydrogen-bond acceptors (Lipinski definition) is 11. The van der Waals surface area contributed by atoms with Crippen molar-refractivity contribution in [2.45, 2.75) is 80.2 Å². The first kappa shape index (κ1) is 23.5. The largest absolute Gasteiger partial charge is 0.390 e. The Bertz CT molecular complexity index is 742. The lowest BCUT2D eigenvalue weighted by atomic mass is 9.77. The van der Waals surface area contributed by atoms with Gasteiger partial charge in [0.2, 0.25) is 12.1 Å². The fourth-order valence-corrected chi connectivity index (χ4v) is 5.71. The van der Waals surface area contributed by atoms with Gasteiger partial charge in [0, 0.05) is 24.4 Å². The van der Waals surface area contributed by atoms with Crippen molar-refractivity contribution in [2.75, 3.05) is 20.6 Å². The SMILES string of the molecule is CN[C@@H]1[C@H](O)[C@H](NC)[C@H]2O[C@]3(O)[C@H](OC2[C@H]1O)O[C@H](C)C[C@@]3(O)CNCc1cccs1. The standard InChI is InChI=1S/C20H33N3O7S/c1-10-7-19(26,9-23-8-11-5-4-6-31-11)20(27)18(28-10)29-17-15(25)12(21-2)14(24)13(22-3)16(17)30-20/h4-6,10,12-18,21-27H,7-9H2,1-3H3/t10-,12-,13+,14+,15+,16-,17?,18+,19-,20-/m1/s1. The van der Waals surface area contributed by atoms with E-state index in [0.717, 1.165) is 4.88 Å². The Morgan fingerprint density at radius 3 is 2.48 bits per heavy atom. The van der Waals surface area contributed by atoms with E-state index < -0.39 is 60.3 Å². The van der Waals surface area contributed by atoms with Crippen molar-refractivity contribution in [1.82, 2.24) is 16.0 Å². The van der Waals surface area contributed by atoms with E-state index in [4.69, 9.17) is 14.2 Å². The zero-order valence-electron chi connectivity index (χ0n) is 17.9. The molecule has 176 valence electrons. The molecule has 3 fully saturated rings.